The van der Waals surface area contributed by atoms with Crippen molar-refractivity contribution in [3.05, 3.63) is 47.7 Å². The van der Waals surface area contributed by atoms with Crippen LogP contribution in [0.25, 0.3) is 0 Å². The van der Waals surface area contributed by atoms with Crippen molar-refractivity contribution < 1.29 is 9.59 Å². The van der Waals surface area contributed by atoms with Crippen molar-refractivity contribution >= 4 is 23.3 Å². The van der Waals surface area contributed by atoms with E-state index in [1.54, 1.807) is 12.1 Å². The average Bonchev–Trinajstić information content (AvgIpc) is 2.60. The lowest BCUT2D eigenvalue weighted by molar-refractivity contribution is -0.123. The lowest BCUT2D eigenvalue weighted by Crippen LogP contribution is -2.53. The number of carbonyl (C=O) groups excluding carboxylic acids is 2. The predicted molar refractivity (Wildman–Crippen MR) is 94.6 cm³/mol. The van der Waals surface area contributed by atoms with E-state index in [4.69, 9.17) is 0 Å². The number of hydrogen-bond donors (Lipinski definition) is 3. The van der Waals surface area contributed by atoms with Gasteiger partial charge in [0.05, 0.1) is 5.69 Å². The Bertz CT molecular complexity index is 775. The first-order valence-electron chi connectivity index (χ1n) is 8.29. The summed E-state index contributed by atoms with van der Waals surface area (Å²) in [4.78, 5) is 23.9. The Morgan fingerprint density at radius 1 is 1.24 bits per heavy atom. The average molecular weight is 339 g/mol. The molecule has 0 spiro atoms. The van der Waals surface area contributed by atoms with Crippen molar-refractivity contribution in [2.24, 2.45) is 0 Å². The highest BCUT2D eigenvalue weighted by molar-refractivity contribution is 5.95. The van der Waals surface area contributed by atoms with Crippen LogP contribution in [0.3, 0.4) is 0 Å². The largest absolute Gasteiger partial charge is 0.352 e. The van der Waals surface area contributed by atoms with E-state index in [0.717, 1.165) is 11.4 Å². The highest BCUT2D eigenvalue weighted by Crippen LogP contribution is 2.17. The van der Waals surface area contributed by atoms with Crippen LogP contribution < -0.4 is 16.0 Å². The van der Waals surface area contributed by atoms with Gasteiger partial charge in [-0.2, -0.15) is 5.10 Å². The number of nitrogens with one attached hydrogen (secondary N) is 3. The number of nitrogens with zero attached hydrogens (tertiary/aromatic N) is 2. The first kappa shape index (κ1) is 16.9. The number of benzene rings is 1. The van der Waals surface area contributed by atoms with E-state index >= 15 is 0 Å². The van der Waals surface area contributed by atoms with Crippen molar-refractivity contribution in [2.75, 3.05) is 5.32 Å². The molecule has 7 heteroatoms. The number of piperidine rings is 1. The van der Waals surface area contributed by atoms with E-state index < -0.39 is 0 Å². The van der Waals surface area contributed by atoms with Gasteiger partial charge in [0.2, 0.25) is 5.91 Å². The monoisotopic (exact) mass is 339 g/mol. The van der Waals surface area contributed by atoms with Gasteiger partial charge in [0.1, 0.15) is 0 Å². The third-order valence-corrected chi connectivity index (χ3v) is 4.19. The van der Waals surface area contributed by atoms with E-state index in [1.807, 2.05) is 38.1 Å². The second kappa shape index (κ2) is 7.29. The van der Waals surface area contributed by atoms with Crippen LogP contribution in [0.1, 0.15) is 35.8 Å². The summed E-state index contributed by atoms with van der Waals surface area (Å²) in [5.41, 5.74) is 2.15. The summed E-state index contributed by atoms with van der Waals surface area (Å²) in [7, 11) is 0. The second-order valence-electron chi connectivity index (χ2n) is 6.24. The summed E-state index contributed by atoms with van der Waals surface area (Å²) in [6, 6.07) is 10.8. The van der Waals surface area contributed by atoms with Crippen LogP contribution in [0.2, 0.25) is 0 Å². The topological polar surface area (TPSA) is 96.0 Å². The van der Waals surface area contributed by atoms with Crippen LogP contribution in [0.5, 0.6) is 0 Å². The van der Waals surface area contributed by atoms with Crippen LogP contribution >= 0.6 is 0 Å². The molecule has 0 radical (unpaired) electrons. The molecule has 25 heavy (non-hydrogen) atoms. The minimum Gasteiger partial charge on any atom is -0.352 e. The first-order valence-corrected chi connectivity index (χ1v) is 8.29. The molecule has 1 fully saturated rings. The lowest BCUT2D eigenvalue weighted by atomic mass is 9.99. The third kappa shape index (κ3) is 4.32. The summed E-state index contributed by atoms with van der Waals surface area (Å²) < 4.78 is 0. The highest BCUT2D eigenvalue weighted by atomic mass is 16.2. The Hall–Kier alpha value is -2.96. The molecule has 0 bridgehead atoms. The molecule has 130 valence electrons. The molecule has 1 saturated heterocycles. The number of rotatable bonds is 4. The molecule has 3 N–H and O–H groups in total. The number of anilines is 2. The van der Waals surface area contributed by atoms with Crippen LogP contribution in [-0.4, -0.2) is 34.1 Å². The molecule has 1 aromatic carbocycles. The maximum atomic E-state index is 12.5. The summed E-state index contributed by atoms with van der Waals surface area (Å²) in [5, 5.41) is 17.0. The molecule has 2 aromatic rings. The molecule has 1 aliphatic heterocycles. The molecular weight excluding hydrogens is 318 g/mol. The number of amides is 2. The summed E-state index contributed by atoms with van der Waals surface area (Å²) in [6.45, 7) is 3.77. The molecule has 0 saturated carbocycles. The predicted octanol–water partition coefficient (Wildman–Crippen LogP) is 1.93. The van der Waals surface area contributed by atoms with Crippen LogP contribution in [0.4, 0.5) is 11.5 Å². The van der Waals surface area contributed by atoms with Gasteiger partial charge in [-0.25, -0.2) is 0 Å². The van der Waals surface area contributed by atoms with Gasteiger partial charge in [0, 0.05) is 29.8 Å². The Balaban J connectivity index is 1.67. The zero-order valence-corrected chi connectivity index (χ0v) is 14.2. The van der Waals surface area contributed by atoms with Gasteiger partial charge < -0.3 is 16.0 Å². The number of aryl methyl sites for hydroxylation is 1. The minimum absolute atomic E-state index is 0.0309. The maximum absolute atomic E-state index is 12.5. The highest BCUT2D eigenvalue weighted by Gasteiger charge is 2.26. The number of aromatic nitrogens is 2. The van der Waals surface area contributed by atoms with E-state index in [-0.39, 0.29) is 23.9 Å². The van der Waals surface area contributed by atoms with Crippen molar-refractivity contribution in [3.63, 3.8) is 0 Å². The zero-order valence-electron chi connectivity index (χ0n) is 14.2. The Labute approximate surface area is 146 Å². The van der Waals surface area contributed by atoms with E-state index in [2.05, 4.69) is 26.1 Å². The Morgan fingerprint density at radius 3 is 2.80 bits per heavy atom. The van der Waals surface area contributed by atoms with Crippen molar-refractivity contribution in [1.29, 1.82) is 0 Å². The zero-order chi connectivity index (χ0) is 17.8. The molecule has 1 aliphatic rings. The van der Waals surface area contributed by atoms with Gasteiger partial charge in [-0.1, -0.05) is 6.07 Å². The van der Waals surface area contributed by atoms with Crippen LogP contribution in [0, 0.1) is 6.92 Å². The SMILES string of the molecule is Cc1ccc(Nc2cccc(C(=O)NC3CCC(=O)NC3C)c2)nn1. The van der Waals surface area contributed by atoms with Gasteiger partial charge >= 0.3 is 0 Å². The molecule has 2 atom stereocenters. The summed E-state index contributed by atoms with van der Waals surface area (Å²) >= 11 is 0. The molecule has 1 aromatic heterocycles. The third-order valence-electron chi connectivity index (χ3n) is 4.19. The molecule has 2 amide bonds. The van der Waals surface area contributed by atoms with Crippen LogP contribution in [-0.2, 0) is 4.79 Å². The van der Waals surface area contributed by atoms with Gasteiger partial charge in [0.25, 0.3) is 5.91 Å². The van der Waals surface area contributed by atoms with E-state index in [0.29, 0.717) is 24.2 Å². The summed E-state index contributed by atoms with van der Waals surface area (Å²) in [6.07, 6.45) is 1.08. The van der Waals surface area contributed by atoms with Gasteiger partial charge in [-0.3, -0.25) is 9.59 Å². The smallest absolute Gasteiger partial charge is 0.251 e. The fraction of sp³-hybridized carbons (Fsp3) is 0.333. The van der Waals surface area contributed by atoms with E-state index in [1.165, 1.54) is 0 Å². The minimum atomic E-state index is -0.161. The lowest BCUT2D eigenvalue weighted by Gasteiger charge is -2.30. The molecule has 2 unspecified atom stereocenters. The van der Waals surface area contributed by atoms with Crippen molar-refractivity contribution in [2.45, 2.75) is 38.8 Å². The molecule has 3 rings (SSSR count). The molecule has 0 aliphatic carbocycles. The number of carbonyl (C=O) groups is 2. The van der Waals surface area contributed by atoms with Crippen molar-refractivity contribution in [1.82, 2.24) is 20.8 Å². The normalized spacial score (nSPS) is 19.8. The van der Waals surface area contributed by atoms with E-state index in [9.17, 15) is 9.59 Å². The standard InChI is InChI=1S/C18H21N5O2/c1-11-6-8-16(23-22-11)20-14-5-3-4-13(10-14)18(25)21-15-7-9-17(24)19-12(15)2/h3-6,8,10,12,15H,7,9H2,1-2H3,(H,19,24)(H,20,23)(H,21,25). The fourth-order valence-electron chi connectivity index (χ4n) is 2.76. The molecular formula is C18H21N5O2. The van der Waals surface area contributed by atoms with Gasteiger partial charge in [-0.05, 0) is 50.6 Å². The molecule has 2 heterocycles. The summed E-state index contributed by atoms with van der Waals surface area (Å²) in [5.74, 6) is 0.488. The number of hydrogen-bond acceptors (Lipinski definition) is 5. The second-order valence-corrected chi connectivity index (χ2v) is 6.24. The Morgan fingerprint density at radius 2 is 2.08 bits per heavy atom. The Kier molecular flexibility index (Phi) is 4.92. The first-order chi connectivity index (χ1) is 12.0. The van der Waals surface area contributed by atoms with Gasteiger partial charge in [0.15, 0.2) is 5.82 Å². The van der Waals surface area contributed by atoms with Crippen LogP contribution in [0.15, 0.2) is 36.4 Å². The quantitative estimate of drug-likeness (QED) is 0.791. The maximum Gasteiger partial charge on any atom is 0.251 e. The van der Waals surface area contributed by atoms with Crippen molar-refractivity contribution in [3.8, 4) is 0 Å². The van der Waals surface area contributed by atoms with Gasteiger partial charge in [-0.15, -0.1) is 5.10 Å². The fourth-order valence-corrected chi connectivity index (χ4v) is 2.76. The molecule has 7 nitrogen and oxygen atoms in total.